The summed E-state index contributed by atoms with van der Waals surface area (Å²) in [5, 5.41) is 3.15. The molecule has 2 aliphatic rings. The number of carbonyl (C=O) groups excluding carboxylic acids is 4. The lowest BCUT2D eigenvalue weighted by Gasteiger charge is -2.18. The molecule has 0 atom stereocenters. The van der Waals surface area contributed by atoms with Gasteiger partial charge in [0.05, 0.1) is 22.8 Å². The molecule has 0 spiro atoms. The molecule has 150 valence electrons. The van der Waals surface area contributed by atoms with Gasteiger partial charge in [-0.1, -0.05) is 11.6 Å². The maximum atomic E-state index is 12.3. The average molecular weight is 408 g/mol. The zero-order valence-electron chi connectivity index (χ0n) is 15.6. The Bertz CT molecular complexity index is 809. The SMILES string of the molecule is CN(CC(=O)NC1CC1)C(=O)COC(=O)c1ccc(Cl)c(N2CCCC2=O)c1. The molecular weight excluding hydrogens is 386 g/mol. The molecule has 3 rings (SSSR count). The quantitative estimate of drug-likeness (QED) is 0.688. The lowest BCUT2D eigenvalue weighted by Crippen LogP contribution is -2.40. The van der Waals surface area contributed by atoms with Gasteiger partial charge in [-0.05, 0) is 37.5 Å². The lowest BCUT2D eigenvalue weighted by atomic mass is 10.2. The van der Waals surface area contributed by atoms with Crippen LogP contribution in [0.15, 0.2) is 18.2 Å². The molecule has 2 fully saturated rings. The first-order valence-electron chi connectivity index (χ1n) is 9.15. The van der Waals surface area contributed by atoms with Gasteiger partial charge in [0.2, 0.25) is 11.8 Å². The number of halogens is 1. The first kappa shape index (κ1) is 20.1. The molecule has 1 saturated carbocycles. The van der Waals surface area contributed by atoms with Gasteiger partial charge in [-0.15, -0.1) is 0 Å². The Balaban J connectivity index is 1.54. The van der Waals surface area contributed by atoms with Gasteiger partial charge in [-0.25, -0.2) is 4.79 Å². The molecule has 1 saturated heterocycles. The summed E-state index contributed by atoms with van der Waals surface area (Å²) < 4.78 is 5.06. The van der Waals surface area contributed by atoms with Crippen LogP contribution in [-0.2, 0) is 19.1 Å². The maximum absolute atomic E-state index is 12.3. The molecule has 0 bridgehead atoms. The molecule has 8 nitrogen and oxygen atoms in total. The standard InChI is InChI=1S/C19H22ClN3O5/c1-22(10-16(24)21-13-5-6-13)18(26)11-28-19(27)12-4-7-14(20)15(9-12)23-8-2-3-17(23)25/h4,7,9,13H,2-3,5-6,8,10-11H2,1H3,(H,21,24). The highest BCUT2D eigenvalue weighted by Crippen LogP contribution is 2.30. The second kappa shape index (κ2) is 8.60. The van der Waals surface area contributed by atoms with Crippen molar-refractivity contribution in [3.63, 3.8) is 0 Å². The van der Waals surface area contributed by atoms with Crippen LogP contribution < -0.4 is 10.2 Å². The third kappa shape index (κ3) is 5.01. The van der Waals surface area contributed by atoms with Crippen LogP contribution >= 0.6 is 11.6 Å². The molecule has 28 heavy (non-hydrogen) atoms. The molecule has 3 amide bonds. The number of benzene rings is 1. The summed E-state index contributed by atoms with van der Waals surface area (Å²) >= 11 is 6.16. The van der Waals surface area contributed by atoms with Crippen molar-refractivity contribution in [3.8, 4) is 0 Å². The van der Waals surface area contributed by atoms with E-state index in [9.17, 15) is 19.2 Å². The summed E-state index contributed by atoms with van der Waals surface area (Å²) in [6.07, 6.45) is 3.11. The minimum absolute atomic E-state index is 0.0475. The predicted molar refractivity (Wildman–Crippen MR) is 102 cm³/mol. The summed E-state index contributed by atoms with van der Waals surface area (Å²) in [6, 6.07) is 4.71. The topological polar surface area (TPSA) is 96.0 Å². The lowest BCUT2D eigenvalue weighted by molar-refractivity contribution is -0.137. The number of esters is 1. The molecule has 0 radical (unpaired) electrons. The average Bonchev–Trinajstić information content (AvgIpc) is 3.37. The van der Waals surface area contributed by atoms with E-state index in [0.29, 0.717) is 23.7 Å². The second-order valence-corrected chi connectivity index (χ2v) is 7.39. The van der Waals surface area contributed by atoms with Crippen LogP contribution in [0.3, 0.4) is 0 Å². The fourth-order valence-electron chi connectivity index (χ4n) is 2.87. The van der Waals surface area contributed by atoms with Gasteiger partial charge < -0.3 is 19.9 Å². The molecule has 1 heterocycles. The first-order chi connectivity index (χ1) is 13.3. The van der Waals surface area contributed by atoms with Crippen molar-refractivity contribution in [3.05, 3.63) is 28.8 Å². The highest BCUT2D eigenvalue weighted by Gasteiger charge is 2.26. The van der Waals surface area contributed by atoms with Gasteiger partial charge in [-0.3, -0.25) is 14.4 Å². The van der Waals surface area contributed by atoms with Gasteiger partial charge >= 0.3 is 5.97 Å². The van der Waals surface area contributed by atoms with E-state index in [-0.39, 0.29) is 30.0 Å². The Morgan fingerprint density at radius 2 is 2.07 bits per heavy atom. The Morgan fingerprint density at radius 1 is 1.32 bits per heavy atom. The largest absolute Gasteiger partial charge is 0.452 e. The molecule has 1 aromatic rings. The summed E-state index contributed by atoms with van der Waals surface area (Å²) in [6.45, 7) is -0.0229. The number of likely N-dealkylation sites (N-methyl/N-ethyl adjacent to an activating group) is 1. The molecule has 0 aromatic heterocycles. The molecule has 1 aromatic carbocycles. The number of carbonyl (C=O) groups is 4. The predicted octanol–water partition coefficient (Wildman–Crippen LogP) is 1.36. The minimum atomic E-state index is -0.700. The van der Waals surface area contributed by atoms with Gasteiger partial charge in [0, 0.05) is 26.1 Å². The summed E-state index contributed by atoms with van der Waals surface area (Å²) in [5.41, 5.74) is 0.653. The minimum Gasteiger partial charge on any atom is -0.452 e. The van der Waals surface area contributed by atoms with Crippen LogP contribution in [0.4, 0.5) is 5.69 Å². The molecule has 0 unspecified atom stereocenters. The van der Waals surface area contributed by atoms with Gasteiger partial charge in [0.1, 0.15) is 0 Å². The van der Waals surface area contributed by atoms with Crippen molar-refractivity contribution in [1.29, 1.82) is 0 Å². The van der Waals surface area contributed by atoms with Crippen LogP contribution in [-0.4, -0.2) is 61.4 Å². The van der Waals surface area contributed by atoms with Gasteiger partial charge in [0.15, 0.2) is 6.61 Å². The number of rotatable bonds is 7. The molecule has 9 heteroatoms. The Labute approximate surface area is 167 Å². The van der Waals surface area contributed by atoms with E-state index in [1.807, 2.05) is 0 Å². The number of ether oxygens (including phenoxy) is 1. The van der Waals surface area contributed by atoms with E-state index in [1.54, 1.807) is 0 Å². The number of hydrogen-bond donors (Lipinski definition) is 1. The van der Waals surface area contributed by atoms with Crippen molar-refractivity contribution in [2.75, 3.05) is 31.6 Å². The number of hydrogen-bond acceptors (Lipinski definition) is 5. The van der Waals surface area contributed by atoms with E-state index < -0.39 is 18.5 Å². The number of amides is 3. The Morgan fingerprint density at radius 3 is 2.71 bits per heavy atom. The third-order valence-electron chi connectivity index (χ3n) is 4.62. The number of nitrogens with zero attached hydrogens (tertiary/aromatic N) is 2. The summed E-state index contributed by atoms with van der Waals surface area (Å²) in [5.74, 6) is -1.46. The normalized spacial score (nSPS) is 16.1. The van der Waals surface area contributed by atoms with E-state index in [2.05, 4.69) is 5.32 Å². The highest BCUT2D eigenvalue weighted by molar-refractivity contribution is 6.34. The molecular formula is C19H22ClN3O5. The monoisotopic (exact) mass is 407 g/mol. The molecule has 1 N–H and O–H groups in total. The Kier molecular flexibility index (Phi) is 6.18. The fourth-order valence-corrected chi connectivity index (χ4v) is 3.09. The van der Waals surface area contributed by atoms with Gasteiger partial charge in [0.25, 0.3) is 5.91 Å². The van der Waals surface area contributed by atoms with Crippen molar-refractivity contribution in [2.45, 2.75) is 31.7 Å². The van der Waals surface area contributed by atoms with E-state index >= 15 is 0 Å². The van der Waals surface area contributed by atoms with Crippen LogP contribution in [0.1, 0.15) is 36.0 Å². The zero-order valence-corrected chi connectivity index (χ0v) is 16.3. The third-order valence-corrected chi connectivity index (χ3v) is 4.94. The maximum Gasteiger partial charge on any atom is 0.338 e. The van der Waals surface area contributed by atoms with Crippen LogP contribution in [0.2, 0.25) is 5.02 Å². The second-order valence-electron chi connectivity index (χ2n) is 6.98. The zero-order chi connectivity index (χ0) is 20.3. The Hall–Kier alpha value is -2.61. The van der Waals surface area contributed by atoms with Crippen LogP contribution in [0.25, 0.3) is 0 Å². The van der Waals surface area contributed by atoms with Gasteiger partial charge in [-0.2, -0.15) is 0 Å². The fraction of sp³-hybridized carbons (Fsp3) is 0.474. The number of nitrogens with one attached hydrogen (secondary N) is 1. The van der Waals surface area contributed by atoms with E-state index in [4.69, 9.17) is 16.3 Å². The van der Waals surface area contributed by atoms with E-state index in [1.165, 1.54) is 35.0 Å². The molecule has 1 aliphatic carbocycles. The summed E-state index contributed by atoms with van der Waals surface area (Å²) in [7, 11) is 1.47. The van der Waals surface area contributed by atoms with Crippen molar-refractivity contribution < 1.29 is 23.9 Å². The molecule has 1 aliphatic heterocycles. The first-order valence-corrected chi connectivity index (χ1v) is 9.53. The van der Waals surface area contributed by atoms with Crippen LogP contribution in [0.5, 0.6) is 0 Å². The highest BCUT2D eigenvalue weighted by atomic mass is 35.5. The van der Waals surface area contributed by atoms with Crippen molar-refractivity contribution in [1.82, 2.24) is 10.2 Å². The van der Waals surface area contributed by atoms with E-state index in [0.717, 1.165) is 19.3 Å². The van der Waals surface area contributed by atoms with Crippen LogP contribution in [0, 0.1) is 0 Å². The summed E-state index contributed by atoms with van der Waals surface area (Å²) in [4.78, 5) is 50.8. The van der Waals surface area contributed by atoms with Crippen molar-refractivity contribution >= 4 is 41.0 Å². The number of anilines is 1. The smallest absolute Gasteiger partial charge is 0.338 e. The van der Waals surface area contributed by atoms with Crippen molar-refractivity contribution in [2.24, 2.45) is 0 Å².